The van der Waals surface area contributed by atoms with Crippen LogP contribution in [0.4, 0.5) is 0 Å². The molecule has 1 N–H and O–H groups in total. The first-order valence-electron chi connectivity index (χ1n) is 8.08. The van der Waals surface area contributed by atoms with Crippen molar-refractivity contribution >= 4 is 28.8 Å². The lowest BCUT2D eigenvalue weighted by molar-refractivity contribution is -0.132. The zero-order chi connectivity index (χ0) is 16.9. The van der Waals surface area contributed by atoms with E-state index >= 15 is 0 Å². The number of β-amino-alcohol motifs (C(OH)–C–C–N with tert-alkyl or cyclic N) is 1. The van der Waals surface area contributed by atoms with Crippen LogP contribution in [0.3, 0.4) is 0 Å². The van der Waals surface area contributed by atoms with Gasteiger partial charge in [0.1, 0.15) is 6.10 Å². The predicted molar refractivity (Wildman–Crippen MR) is 97.5 cm³/mol. The van der Waals surface area contributed by atoms with Gasteiger partial charge in [0, 0.05) is 42.6 Å². The third-order valence-corrected chi connectivity index (χ3v) is 5.67. The lowest BCUT2D eigenvalue weighted by atomic mass is 10.1. The topological polar surface area (TPSA) is 43.8 Å². The van der Waals surface area contributed by atoms with Gasteiger partial charge in [0.15, 0.2) is 0 Å². The molecular weight excluding hydrogens is 344 g/mol. The summed E-state index contributed by atoms with van der Waals surface area (Å²) in [6.07, 6.45) is -0.104. The minimum atomic E-state index is -0.449. The quantitative estimate of drug-likeness (QED) is 0.887. The first-order valence-corrected chi connectivity index (χ1v) is 9.34. The van der Waals surface area contributed by atoms with Gasteiger partial charge < -0.3 is 10.0 Å². The number of aliphatic hydroxyl groups excluding tert-OH is 1. The minimum Gasteiger partial charge on any atom is -0.386 e. The first kappa shape index (κ1) is 17.4. The molecule has 0 bridgehead atoms. The van der Waals surface area contributed by atoms with Crippen molar-refractivity contribution in [2.24, 2.45) is 0 Å². The monoisotopic (exact) mass is 364 g/mol. The Morgan fingerprint density at radius 3 is 2.58 bits per heavy atom. The smallest absolute Gasteiger partial charge is 0.227 e. The fourth-order valence-corrected chi connectivity index (χ4v) is 3.82. The number of hydrogen-bond acceptors (Lipinski definition) is 4. The van der Waals surface area contributed by atoms with Gasteiger partial charge >= 0.3 is 0 Å². The van der Waals surface area contributed by atoms with Crippen LogP contribution in [0.15, 0.2) is 41.8 Å². The summed E-state index contributed by atoms with van der Waals surface area (Å²) >= 11 is 7.70. The Balaban J connectivity index is 1.48. The molecule has 1 fully saturated rings. The number of thiophene rings is 1. The van der Waals surface area contributed by atoms with E-state index in [0.717, 1.165) is 23.5 Å². The van der Waals surface area contributed by atoms with Crippen LogP contribution in [0.25, 0.3) is 0 Å². The van der Waals surface area contributed by atoms with Crippen LogP contribution < -0.4 is 0 Å². The Morgan fingerprint density at radius 2 is 1.92 bits per heavy atom. The average molecular weight is 365 g/mol. The van der Waals surface area contributed by atoms with Crippen molar-refractivity contribution in [3.05, 3.63) is 57.2 Å². The zero-order valence-electron chi connectivity index (χ0n) is 13.4. The molecule has 3 rings (SSSR count). The van der Waals surface area contributed by atoms with Crippen molar-refractivity contribution in [1.29, 1.82) is 0 Å². The van der Waals surface area contributed by atoms with E-state index in [0.29, 0.717) is 31.1 Å². The van der Waals surface area contributed by atoms with Gasteiger partial charge in [-0.05, 0) is 23.1 Å². The Labute approximate surface area is 151 Å². The number of rotatable bonds is 5. The second-order valence-corrected chi connectivity index (χ2v) is 7.37. The Bertz CT molecular complexity index is 669. The van der Waals surface area contributed by atoms with Gasteiger partial charge in [0.05, 0.1) is 6.42 Å². The molecule has 1 saturated heterocycles. The third-order valence-electron chi connectivity index (χ3n) is 4.33. The molecule has 1 unspecified atom stereocenters. The van der Waals surface area contributed by atoms with Crippen molar-refractivity contribution in [3.8, 4) is 0 Å². The second kappa shape index (κ2) is 8.12. The molecule has 0 radical (unpaired) electrons. The number of nitrogens with zero attached hydrogens (tertiary/aromatic N) is 2. The standard InChI is InChI=1S/C18H21ClN2O2S/c19-15-5-2-1-4-14(15)12-18(23)21-9-7-20(8-10-21)13-16(22)17-6-3-11-24-17/h1-6,11,16,22H,7-10,12-13H2. The van der Waals surface area contributed by atoms with E-state index in [2.05, 4.69) is 4.90 Å². The number of halogens is 1. The van der Waals surface area contributed by atoms with Gasteiger partial charge in [-0.25, -0.2) is 0 Å². The van der Waals surface area contributed by atoms with Crippen LogP contribution in [0.1, 0.15) is 16.5 Å². The molecule has 128 valence electrons. The van der Waals surface area contributed by atoms with Crippen LogP contribution in [-0.4, -0.2) is 53.5 Å². The van der Waals surface area contributed by atoms with E-state index < -0.39 is 6.10 Å². The fraction of sp³-hybridized carbons (Fsp3) is 0.389. The highest BCUT2D eigenvalue weighted by Gasteiger charge is 2.23. The maximum Gasteiger partial charge on any atom is 0.227 e. The molecular formula is C18H21ClN2O2S. The highest BCUT2D eigenvalue weighted by Crippen LogP contribution is 2.21. The summed E-state index contributed by atoms with van der Waals surface area (Å²) < 4.78 is 0. The Hall–Kier alpha value is -1.40. The maximum absolute atomic E-state index is 12.4. The van der Waals surface area contributed by atoms with Crippen molar-refractivity contribution in [2.45, 2.75) is 12.5 Å². The van der Waals surface area contributed by atoms with E-state index in [-0.39, 0.29) is 5.91 Å². The molecule has 24 heavy (non-hydrogen) atoms. The lowest BCUT2D eigenvalue weighted by Gasteiger charge is -2.35. The van der Waals surface area contributed by atoms with Crippen molar-refractivity contribution in [1.82, 2.24) is 9.80 Å². The number of hydrogen-bond donors (Lipinski definition) is 1. The van der Waals surface area contributed by atoms with Gasteiger partial charge in [0.2, 0.25) is 5.91 Å². The SMILES string of the molecule is O=C(Cc1ccccc1Cl)N1CCN(CC(O)c2cccs2)CC1. The number of carbonyl (C=O) groups excluding carboxylic acids is 1. The molecule has 0 spiro atoms. The molecule has 6 heteroatoms. The number of carbonyl (C=O) groups is 1. The zero-order valence-corrected chi connectivity index (χ0v) is 15.0. The molecule has 2 aromatic rings. The molecule has 1 aromatic heterocycles. The lowest BCUT2D eigenvalue weighted by Crippen LogP contribution is -2.49. The summed E-state index contributed by atoms with van der Waals surface area (Å²) in [5.74, 6) is 0.113. The molecule has 1 amide bonds. The molecule has 4 nitrogen and oxygen atoms in total. The molecule has 0 saturated carbocycles. The van der Waals surface area contributed by atoms with E-state index in [1.807, 2.05) is 46.7 Å². The molecule has 0 aliphatic carbocycles. The summed E-state index contributed by atoms with van der Waals surface area (Å²) in [5.41, 5.74) is 0.875. The molecule has 1 aliphatic heterocycles. The summed E-state index contributed by atoms with van der Waals surface area (Å²) in [6, 6.07) is 11.4. The Kier molecular flexibility index (Phi) is 5.89. The van der Waals surface area contributed by atoms with Crippen molar-refractivity contribution in [3.63, 3.8) is 0 Å². The van der Waals surface area contributed by atoms with E-state index in [1.165, 1.54) is 0 Å². The average Bonchev–Trinajstić information content (AvgIpc) is 3.12. The fourth-order valence-electron chi connectivity index (χ4n) is 2.91. The van der Waals surface area contributed by atoms with Gasteiger partial charge in [-0.1, -0.05) is 35.9 Å². The maximum atomic E-state index is 12.4. The van der Waals surface area contributed by atoms with Crippen molar-refractivity contribution in [2.75, 3.05) is 32.7 Å². The summed E-state index contributed by atoms with van der Waals surface area (Å²) in [5, 5.41) is 12.9. The van der Waals surface area contributed by atoms with Crippen LogP contribution in [0.5, 0.6) is 0 Å². The summed E-state index contributed by atoms with van der Waals surface area (Å²) in [4.78, 5) is 17.5. The second-order valence-electron chi connectivity index (χ2n) is 5.98. The van der Waals surface area contributed by atoms with Crippen LogP contribution in [0.2, 0.25) is 5.02 Å². The number of piperazine rings is 1. The highest BCUT2D eigenvalue weighted by atomic mass is 35.5. The van der Waals surface area contributed by atoms with Crippen molar-refractivity contribution < 1.29 is 9.90 Å². The summed E-state index contributed by atoms with van der Waals surface area (Å²) in [7, 11) is 0. The molecule has 1 atom stereocenters. The summed E-state index contributed by atoms with van der Waals surface area (Å²) in [6.45, 7) is 3.58. The number of aliphatic hydroxyl groups is 1. The number of benzene rings is 1. The minimum absolute atomic E-state index is 0.113. The third kappa shape index (κ3) is 4.36. The van der Waals surface area contributed by atoms with E-state index in [1.54, 1.807) is 11.3 Å². The first-order chi connectivity index (χ1) is 11.6. The predicted octanol–water partition coefficient (Wildman–Crippen LogP) is 2.82. The molecule has 1 aliphatic rings. The number of amides is 1. The van der Waals surface area contributed by atoms with E-state index in [4.69, 9.17) is 11.6 Å². The van der Waals surface area contributed by atoms with Crippen LogP contribution >= 0.6 is 22.9 Å². The van der Waals surface area contributed by atoms with Gasteiger partial charge in [-0.15, -0.1) is 11.3 Å². The van der Waals surface area contributed by atoms with Gasteiger partial charge in [-0.3, -0.25) is 9.69 Å². The largest absolute Gasteiger partial charge is 0.386 e. The van der Waals surface area contributed by atoms with Crippen LogP contribution in [0, 0.1) is 0 Å². The van der Waals surface area contributed by atoms with Gasteiger partial charge in [-0.2, -0.15) is 0 Å². The normalized spacial score (nSPS) is 17.0. The molecule has 1 aromatic carbocycles. The Morgan fingerprint density at radius 1 is 1.17 bits per heavy atom. The highest BCUT2D eigenvalue weighted by molar-refractivity contribution is 7.10. The van der Waals surface area contributed by atoms with Gasteiger partial charge in [0.25, 0.3) is 0 Å². The van der Waals surface area contributed by atoms with E-state index in [9.17, 15) is 9.90 Å². The van der Waals surface area contributed by atoms with Crippen LogP contribution in [-0.2, 0) is 11.2 Å². The molecule has 2 heterocycles.